The van der Waals surface area contributed by atoms with Crippen LogP contribution in [0.1, 0.15) is 265 Å². The molecule has 0 amide bonds. The summed E-state index contributed by atoms with van der Waals surface area (Å²) in [5.74, 6) is -0.970. The van der Waals surface area contributed by atoms with E-state index < -0.39 is 6.10 Å². The first-order chi connectivity index (χ1) is 32.0. The smallest absolute Gasteiger partial charge is 0.306 e. The lowest BCUT2D eigenvalue weighted by Gasteiger charge is -2.18. The molecule has 0 unspecified atom stereocenters. The van der Waals surface area contributed by atoms with Gasteiger partial charge in [-0.15, -0.1) is 0 Å². The van der Waals surface area contributed by atoms with Crippen LogP contribution in [-0.4, -0.2) is 37.2 Å². The fraction of sp³-hybridized carbons (Fsp3) is 0.746. The van der Waals surface area contributed by atoms with Crippen LogP contribution >= 0.6 is 0 Å². The number of ether oxygens (including phenoxy) is 3. The lowest BCUT2D eigenvalue weighted by Crippen LogP contribution is -2.30. The summed E-state index contributed by atoms with van der Waals surface area (Å²) in [6, 6.07) is 0. The molecule has 374 valence electrons. The van der Waals surface area contributed by atoms with Gasteiger partial charge in [-0.05, 0) is 109 Å². The molecule has 0 aliphatic heterocycles. The number of hydrogen-bond acceptors (Lipinski definition) is 6. The molecule has 0 aromatic heterocycles. The molecular formula is C59H102O6. The average Bonchev–Trinajstić information content (AvgIpc) is 3.30. The van der Waals surface area contributed by atoms with Gasteiger partial charge in [-0.1, -0.05) is 209 Å². The molecule has 65 heavy (non-hydrogen) atoms. The zero-order chi connectivity index (χ0) is 47.2. The average molecular weight is 907 g/mol. The number of hydrogen-bond donors (Lipinski definition) is 0. The van der Waals surface area contributed by atoms with Gasteiger partial charge in [-0.25, -0.2) is 0 Å². The molecule has 0 saturated carbocycles. The van der Waals surface area contributed by atoms with E-state index in [0.717, 1.165) is 83.5 Å². The highest BCUT2D eigenvalue weighted by atomic mass is 16.6. The molecular weight excluding hydrogens is 805 g/mol. The Kier molecular flexibility index (Phi) is 50.9. The van der Waals surface area contributed by atoms with Gasteiger partial charge in [-0.2, -0.15) is 0 Å². The lowest BCUT2D eigenvalue weighted by atomic mass is 10.1. The number of rotatable bonds is 49. The van der Waals surface area contributed by atoms with Crippen molar-refractivity contribution in [3.8, 4) is 0 Å². The van der Waals surface area contributed by atoms with E-state index in [0.29, 0.717) is 19.3 Å². The van der Waals surface area contributed by atoms with Gasteiger partial charge in [0.25, 0.3) is 0 Å². The van der Waals surface area contributed by atoms with Crippen LogP contribution in [0.15, 0.2) is 72.9 Å². The number of carbonyl (C=O) groups excluding carboxylic acids is 3. The van der Waals surface area contributed by atoms with Crippen LogP contribution in [0.5, 0.6) is 0 Å². The Morgan fingerprint density at radius 3 is 0.969 bits per heavy atom. The molecule has 6 nitrogen and oxygen atoms in total. The number of carbonyl (C=O) groups is 3. The quantitative estimate of drug-likeness (QED) is 0.0262. The number of unbranched alkanes of at least 4 members (excludes halogenated alkanes) is 26. The Labute approximate surface area is 402 Å². The highest BCUT2D eigenvalue weighted by molar-refractivity contribution is 5.71. The molecule has 0 bridgehead atoms. The second kappa shape index (κ2) is 53.5. The molecule has 0 fully saturated rings. The predicted octanol–water partition coefficient (Wildman–Crippen LogP) is 18.2. The van der Waals surface area contributed by atoms with Gasteiger partial charge in [0.1, 0.15) is 13.2 Å². The standard InChI is InChI=1S/C59H102O6/c1-4-7-10-13-16-19-22-25-28-29-32-34-37-40-43-46-49-52-58(61)64-55-56(65-59(62)53-50-47-44-41-38-35-31-27-24-21-18-15-12-9-6-3)54-63-57(60)51-48-45-42-39-36-33-30-26-23-20-17-14-11-8-5-2/h16,19,25-28,30-32,34,40,43,56H,4-15,17-18,20-24,29,33,35-39,41-42,44-55H2,1-3H3/t56-/m1/s1. The largest absolute Gasteiger partial charge is 0.462 e. The maximum absolute atomic E-state index is 12.8. The minimum atomic E-state index is -0.804. The van der Waals surface area contributed by atoms with Crippen molar-refractivity contribution >= 4 is 17.9 Å². The van der Waals surface area contributed by atoms with Crippen LogP contribution in [0.4, 0.5) is 0 Å². The highest BCUT2D eigenvalue weighted by Gasteiger charge is 2.19. The van der Waals surface area contributed by atoms with E-state index in [9.17, 15) is 14.4 Å². The van der Waals surface area contributed by atoms with E-state index in [1.54, 1.807) is 0 Å². The summed E-state index contributed by atoms with van der Waals surface area (Å²) in [7, 11) is 0. The second-order valence-corrected chi connectivity index (χ2v) is 18.1. The minimum Gasteiger partial charge on any atom is -0.462 e. The zero-order valence-electron chi connectivity index (χ0n) is 42.7. The first-order valence-corrected chi connectivity index (χ1v) is 27.4. The Morgan fingerprint density at radius 1 is 0.308 bits per heavy atom. The molecule has 0 aromatic rings. The Hall–Kier alpha value is -3.15. The van der Waals surface area contributed by atoms with Crippen molar-refractivity contribution in [1.82, 2.24) is 0 Å². The van der Waals surface area contributed by atoms with Crippen molar-refractivity contribution in [2.45, 2.75) is 271 Å². The fourth-order valence-electron chi connectivity index (χ4n) is 7.48. The van der Waals surface area contributed by atoms with Crippen molar-refractivity contribution in [3.05, 3.63) is 72.9 Å². The Bertz CT molecular complexity index is 1230. The Morgan fingerprint density at radius 2 is 0.569 bits per heavy atom. The molecule has 0 saturated heterocycles. The van der Waals surface area contributed by atoms with E-state index in [4.69, 9.17) is 14.2 Å². The molecule has 0 N–H and O–H groups in total. The Balaban J connectivity index is 4.49. The highest BCUT2D eigenvalue weighted by Crippen LogP contribution is 2.14. The molecule has 0 rings (SSSR count). The van der Waals surface area contributed by atoms with Gasteiger partial charge < -0.3 is 14.2 Å². The minimum absolute atomic E-state index is 0.0997. The van der Waals surface area contributed by atoms with E-state index in [1.165, 1.54) is 135 Å². The molecule has 0 aliphatic rings. The summed E-state index contributed by atoms with van der Waals surface area (Å²) in [6.07, 6.45) is 67.4. The van der Waals surface area contributed by atoms with Crippen LogP contribution in [0.3, 0.4) is 0 Å². The first kappa shape index (κ1) is 61.9. The molecule has 1 atom stereocenters. The molecule has 6 heteroatoms. The first-order valence-electron chi connectivity index (χ1n) is 27.4. The van der Waals surface area contributed by atoms with Crippen molar-refractivity contribution in [3.63, 3.8) is 0 Å². The number of esters is 3. The SMILES string of the molecule is CCCCCC=CCC=CCC=CCC=CCCCC(=O)OC[C@@H](COC(=O)CCCCCCCC=CCCCCCCCC)OC(=O)CCCCCCCC=CCCCCCCCC. The normalized spacial score (nSPS) is 12.6. The fourth-order valence-corrected chi connectivity index (χ4v) is 7.48. The van der Waals surface area contributed by atoms with Crippen LogP contribution in [0.2, 0.25) is 0 Å². The summed E-state index contributed by atoms with van der Waals surface area (Å²) in [5.41, 5.74) is 0. The van der Waals surface area contributed by atoms with E-state index in [1.807, 2.05) is 0 Å². The molecule has 0 radical (unpaired) electrons. The zero-order valence-corrected chi connectivity index (χ0v) is 42.7. The predicted molar refractivity (Wildman–Crippen MR) is 279 cm³/mol. The van der Waals surface area contributed by atoms with Crippen LogP contribution in [0, 0.1) is 0 Å². The van der Waals surface area contributed by atoms with Crippen molar-refractivity contribution in [2.75, 3.05) is 13.2 Å². The molecule has 0 aliphatic carbocycles. The van der Waals surface area contributed by atoms with Crippen molar-refractivity contribution < 1.29 is 28.6 Å². The molecule has 0 aromatic carbocycles. The van der Waals surface area contributed by atoms with Gasteiger partial charge >= 0.3 is 17.9 Å². The molecule has 0 heterocycles. The third-order valence-corrected chi connectivity index (χ3v) is 11.7. The lowest BCUT2D eigenvalue weighted by molar-refractivity contribution is -0.167. The molecule has 0 spiro atoms. The van der Waals surface area contributed by atoms with Crippen molar-refractivity contribution in [2.24, 2.45) is 0 Å². The van der Waals surface area contributed by atoms with Crippen LogP contribution in [-0.2, 0) is 28.6 Å². The van der Waals surface area contributed by atoms with E-state index in [-0.39, 0.29) is 37.5 Å². The summed E-state index contributed by atoms with van der Waals surface area (Å²) >= 11 is 0. The monoisotopic (exact) mass is 907 g/mol. The van der Waals surface area contributed by atoms with Gasteiger partial charge in [0.05, 0.1) is 0 Å². The van der Waals surface area contributed by atoms with Gasteiger partial charge in [0.15, 0.2) is 6.10 Å². The third kappa shape index (κ3) is 51.7. The van der Waals surface area contributed by atoms with Gasteiger partial charge in [-0.3, -0.25) is 14.4 Å². The van der Waals surface area contributed by atoms with Gasteiger partial charge in [0, 0.05) is 19.3 Å². The van der Waals surface area contributed by atoms with Crippen LogP contribution in [0.25, 0.3) is 0 Å². The maximum Gasteiger partial charge on any atom is 0.306 e. The summed E-state index contributed by atoms with van der Waals surface area (Å²) < 4.78 is 16.8. The van der Waals surface area contributed by atoms with Crippen molar-refractivity contribution in [1.29, 1.82) is 0 Å². The summed E-state index contributed by atoms with van der Waals surface area (Å²) in [5, 5.41) is 0. The second-order valence-electron chi connectivity index (χ2n) is 18.1. The number of allylic oxidation sites excluding steroid dienone is 12. The van der Waals surface area contributed by atoms with E-state index in [2.05, 4.69) is 93.7 Å². The summed E-state index contributed by atoms with van der Waals surface area (Å²) in [4.78, 5) is 38.0. The van der Waals surface area contributed by atoms with E-state index >= 15 is 0 Å². The topological polar surface area (TPSA) is 78.9 Å². The summed E-state index contributed by atoms with van der Waals surface area (Å²) in [6.45, 7) is 6.55. The van der Waals surface area contributed by atoms with Gasteiger partial charge in [0.2, 0.25) is 0 Å². The third-order valence-electron chi connectivity index (χ3n) is 11.7. The van der Waals surface area contributed by atoms with Crippen LogP contribution < -0.4 is 0 Å². The maximum atomic E-state index is 12.8.